The van der Waals surface area contributed by atoms with Gasteiger partial charge in [0.2, 0.25) is 5.91 Å². The number of carbonyl (C=O) groups is 3. The molecule has 0 saturated carbocycles. The van der Waals surface area contributed by atoms with Crippen LogP contribution in [0.1, 0.15) is 30.6 Å². The lowest BCUT2D eigenvalue weighted by molar-refractivity contribution is -0.139. The largest absolute Gasteiger partial charge is 0.480 e. The number of hydrogen-bond donors (Lipinski definition) is 4. The predicted octanol–water partition coefficient (Wildman–Crippen LogP) is 1.41. The molecule has 0 aliphatic carbocycles. The highest BCUT2D eigenvalue weighted by Gasteiger charge is 2.21. The first-order valence-electron chi connectivity index (χ1n) is 6.49. The summed E-state index contributed by atoms with van der Waals surface area (Å²) in [5.74, 6) is -1.57. The molecule has 1 aromatic carbocycles. The van der Waals surface area contributed by atoms with E-state index in [0.29, 0.717) is 12.1 Å². The minimum absolute atomic E-state index is 0.129. The third-order valence-electron chi connectivity index (χ3n) is 2.72. The van der Waals surface area contributed by atoms with E-state index in [9.17, 15) is 14.4 Å². The molecule has 1 atom stereocenters. The molecule has 1 aromatic rings. The number of carbonyl (C=O) groups excluding carboxylic acids is 2. The molecule has 21 heavy (non-hydrogen) atoms. The summed E-state index contributed by atoms with van der Waals surface area (Å²) in [6.45, 7) is 3.73. The maximum absolute atomic E-state index is 11.8. The highest BCUT2D eigenvalue weighted by molar-refractivity contribution is 5.96. The fraction of sp³-hybridized carbons (Fsp3) is 0.357. The quantitative estimate of drug-likeness (QED) is 0.633. The van der Waals surface area contributed by atoms with Crippen LogP contribution in [0.4, 0.5) is 10.5 Å². The van der Waals surface area contributed by atoms with Gasteiger partial charge >= 0.3 is 12.0 Å². The molecular weight excluding hydrogens is 274 g/mol. The standard InChI is InChI=1S/C14H19N3O4/c1-8(2)6-11(13(19)20)17-14(21)16-10-5-3-4-9(7-10)12(15)18/h3-5,7-8,11H,6H2,1-2H3,(H2,15,18)(H,19,20)(H2,16,17,21)/t11-/m0/s1. The van der Waals surface area contributed by atoms with Gasteiger partial charge in [-0.2, -0.15) is 0 Å². The molecular formula is C14H19N3O4. The summed E-state index contributed by atoms with van der Waals surface area (Å²) < 4.78 is 0. The number of benzene rings is 1. The number of aliphatic carboxylic acids is 1. The Morgan fingerprint density at radius 1 is 1.29 bits per heavy atom. The van der Waals surface area contributed by atoms with Crippen molar-refractivity contribution >= 4 is 23.6 Å². The van der Waals surface area contributed by atoms with Crippen LogP contribution >= 0.6 is 0 Å². The van der Waals surface area contributed by atoms with E-state index in [4.69, 9.17) is 10.8 Å². The Morgan fingerprint density at radius 3 is 2.48 bits per heavy atom. The SMILES string of the molecule is CC(C)C[C@H](NC(=O)Nc1cccc(C(N)=O)c1)C(=O)O. The van der Waals surface area contributed by atoms with E-state index in [2.05, 4.69) is 10.6 Å². The number of rotatable bonds is 6. The van der Waals surface area contributed by atoms with E-state index in [0.717, 1.165) is 0 Å². The Bertz CT molecular complexity index is 543. The summed E-state index contributed by atoms with van der Waals surface area (Å²) >= 11 is 0. The molecule has 114 valence electrons. The van der Waals surface area contributed by atoms with Crippen molar-refractivity contribution < 1.29 is 19.5 Å². The average Bonchev–Trinajstić information content (AvgIpc) is 2.37. The lowest BCUT2D eigenvalue weighted by Gasteiger charge is -2.17. The fourth-order valence-electron chi connectivity index (χ4n) is 1.77. The molecule has 0 aliphatic rings. The van der Waals surface area contributed by atoms with E-state index < -0.39 is 23.9 Å². The highest BCUT2D eigenvalue weighted by atomic mass is 16.4. The fourth-order valence-corrected chi connectivity index (χ4v) is 1.77. The summed E-state index contributed by atoms with van der Waals surface area (Å²) in [5, 5.41) is 13.9. The van der Waals surface area contributed by atoms with Crippen molar-refractivity contribution in [2.75, 3.05) is 5.32 Å². The first-order chi connectivity index (χ1) is 9.79. The summed E-state index contributed by atoms with van der Waals surface area (Å²) in [6.07, 6.45) is 0.323. The molecule has 0 unspecified atom stereocenters. The van der Waals surface area contributed by atoms with Gasteiger partial charge in [0, 0.05) is 11.3 Å². The molecule has 0 radical (unpaired) electrons. The van der Waals surface area contributed by atoms with Gasteiger partial charge in [-0.25, -0.2) is 9.59 Å². The van der Waals surface area contributed by atoms with E-state index in [1.807, 2.05) is 13.8 Å². The van der Waals surface area contributed by atoms with E-state index in [1.54, 1.807) is 12.1 Å². The number of amides is 3. The molecule has 7 nitrogen and oxygen atoms in total. The number of carboxylic acids is 1. The van der Waals surface area contributed by atoms with Crippen molar-refractivity contribution in [3.63, 3.8) is 0 Å². The zero-order chi connectivity index (χ0) is 16.0. The van der Waals surface area contributed by atoms with Crippen LogP contribution in [0.5, 0.6) is 0 Å². The van der Waals surface area contributed by atoms with Gasteiger partial charge in [0.05, 0.1) is 0 Å². The monoisotopic (exact) mass is 293 g/mol. The first-order valence-corrected chi connectivity index (χ1v) is 6.49. The molecule has 1 rings (SSSR count). The smallest absolute Gasteiger partial charge is 0.326 e. The lowest BCUT2D eigenvalue weighted by atomic mass is 10.0. The number of carboxylic acid groups (broad SMARTS) is 1. The van der Waals surface area contributed by atoms with Gasteiger partial charge in [-0.1, -0.05) is 19.9 Å². The summed E-state index contributed by atoms with van der Waals surface area (Å²) in [6, 6.07) is 4.46. The Kier molecular flexibility index (Phi) is 5.71. The van der Waals surface area contributed by atoms with Crippen LogP contribution < -0.4 is 16.4 Å². The molecule has 3 amide bonds. The lowest BCUT2D eigenvalue weighted by Crippen LogP contribution is -2.43. The van der Waals surface area contributed by atoms with Crippen molar-refractivity contribution in [2.45, 2.75) is 26.3 Å². The second-order valence-electron chi connectivity index (χ2n) is 5.06. The number of nitrogens with two attached hydrogens (primary N) is 1. The third kappa shape index (κ3) is 5.52. The molecule has 5 N–H and O–H groups in total. The Balaban J connectivity index is 2.70. The van der Waals surface area contributed by atoms with Gasteiger partial charge in [-0.15, -0.1) is 0 Å². The molecule has 0 saturated heterocycles. The van der Waals surface area contributed by atoms with Crippen molar-refractivity contribution in [1.82, 2.24) is 5.32 Å². The van der Waals surface area contributed by atoms with Gasteiger partial charge in [0.1, 0.15) is 6.04 Å². The molecule has 7 heteroatoms. The van der Waals surface area contributed by atoms with Crippen molar-refractivity contribution in [3.05, 3.63) is 29.8 Å². The Labute approximate surface area is 122 Å². The number of hydrogen-bond acceptors (Lipinski definition) is 3. The van der Waals surface area contributed by atoms with Gasteiger partial charge in [0.15, 0.2) is 0 Å². The first kappa shape index (κ1) is 16.5. The maximum atomic E-state index is 11.8. The van der Waals surface area contributed by atoms with Crippen molar-refractivity contribution in [2.24, 2.45) is 11.7 Å². The molecule has 0 fully saturated rings. The van der Waals surface area contributed by atoms with Crippen LogP contribution in [-0.2, 0) is 4.79 Å². The zero-order valence-corrected chi connectivity index (χ0v) is 11.9. The number of primary amides is 1. The summed E-state index contributed by atoms with van der Waals surface area (Å²) in [5.41, 5.74) is 5.76. The Morgan fingerprint density at radius 2 is 1.95 bits per heavy atom. The maximum Gasteiger partial charge on any atom is 0.326 e. The van der Waals surface area contributed by atoms with Crippen molar-refractivity contribution in [1.29, 1.82) is 0 Å². The van der Waals surface area contributed by atoms with Crippen LogP contribution in [0, 0.1) is 5.92 Å². The van der Waals surface area contributed by atoms with Gasteiger partial charge in [-0.3, -0.25) is 4.79 Å². The van der Waals surface area contributed by atoms with Crippen LogP contribution in [0.25, 0.3) is 0 Å². The summed E-state index contributed by atoms with van der Waals surface area (Å²) in [4.78, 5) is 33.9. The zero-order valence-electron chi connectivity index (χ0n) is 11.9. The molecule has 0 spiro atoms. The normalized spacial score (nSPS) is 11.8. The van der Waals surface area contributed by atoms with E-state index >= 15 is 0 Å². The van der Waals surface area contributed by atoms with E-state index in [1.165, 1.54) is 12.1 Å². The van der Waals surface area contributed by atoms with E-state index in [-0.39, 0.29) is 11.5 Å². The molecule has 0 aliphatic heterocycles. The third-order valence-corrected chi connectivity index (χ3v) is 2.72. The molecule has 0 aromatic heterocycles. The minimum atomic E-state index is -1.09. The van der Waals surface area contributed by atoms with Gasteiger partial charge in [-0.05, 0) is 30.5 Å². The number of nitrogens with one attached hydrogen (secondary N) is 2. The molecule has 0 heterocycles. The van der Waals surface area contributed by atoms with Crippen molar-refractivity contribution in [3.8, 4) is 0 Å². The summed E-state index contributed by atoms with van der Waals surface area (Å²) in [7, 11) is 0. The van der Waals surface area contributed by atoms with Gasteiger partial charge in [0.25, 0.3) is 0 Å². The second-order valence-corrected chi connectivity index (χ2v) is 5.06. The van der Waals surface area contributed by atoms with Crippen LogP contribution in [0.3, 0.4) is 0 Å². The minimum Gasteiger partial charge on any atom is -0.480 e. The number of anilines is 1. The number of urea groups is 1. The van der Waals surface area contributed by atoms with Crippen LogP contribution in [-0.4, -0.2) is 29.1 Å². The average molecular weight is 293 g/mol. The topological polar surface area (TPSA) is 122 Å². The Hall–Kier alpha value is -2.57. The van der Waals surface area contributed by atoms with Gasteiger partial charge < -0.3 is 21.5 Å². The second kappa shape index (κ2) is 7.28. The highest BCUT2D eigenvalue weighted by Crippen LogP contribution is 2.11. The predicted molar refractivity (Wildman–Crippen MR) is 78.0 cm³/mol. The molecule has 0 bridgehead atoms. The van der Waals surface area contributed by atoms with Crippen LogP contribution in [0.2, 0.25) is 0 Å². The van der Waals surface area contributed by atoms with Crippen LogP contribution in [0.15, 0.2) is 24.3 Å².